The molecule has 1 heterocycles. The van der Waals surface area contributed by atoms with E-state index in [1.165, 1.54) is 0 Å². The van der Waals surface area contributed by atoms with Crippen molar-refractivity contribution in [1.82, 2.24) is 10.2 Å². The molecular weight excluding hydrogens is 401 g/mol. The number of aliphatic hydroxyl groups excluding tert-OH is 1. The number of hydrogen-bond acceptors (Lipinski definition) is 4. The summed E-state index contributed by atoms with van der Waals surface area (Å²) >= 11 is 0. The molecule has 3 amide bonds. The second kappa shape index (κ2) is 8.66. The minimum absolute atomic E-state index is 0.0210. The highest BCUT2D eigenvalue weighted by atomic mass is 19.4. The van der Waals surface area contributed by atoms with Gasteiger partial charge in [-0.1, -0.05) is 24.3 Å². The molecule has 0 spiro atoms. The highest BCUT2D eigenvalue weighted by Gasteiger charge is 2.34. The van der Waals surface area contributed by atoms with Gasteiger partial charge in [0.15, 0.2) is 0 Å². The quantitative estimate of drug-likeness (QED) is 0.675. The Hall–Kier alpha value is -3.20. The van der Waals surface area contributed by atoms with Crippen molar-refractivity contribution in [3.63, 3.8) is 0 Å². The van der Waals surface area contributed by atoms with Crippen molar-refractivity contribution in [2.75, 3.05) is 13.1 Å². The van der Waals surface area contributed by atoms with Gasteiger partial charge in [0.25, 0.3) is 11.8 Å². The summed E-state index contributed by atoms with van der Waals surface area (Å²) in [5.41, 5.74) is 0.100. The van der Waals surface area contributed by atoms with Gasteiger partial charge in [0.05, 0.1) is 22.8 Å². The van der Waals surface area contributed by atoms with Gasteiger partial charge < -0.3 is 10.4 Å². The van der Waals surface area contributed by atoms with Crippen LogP contribution in [0.15, 0.2) is 48.5 Å². The maximum Gasteiger partial charge on any atom is 0.416 e. The van der Waals surface area contributed by atoms with E-state index >= 15 is 0 Å². The van der Waals surface area contributed by atoms with Crippen LogP contribution in [0.25, 0.3) is 0 Å². The highest BCUT2D eigenvalue weighted by molar-refractivity contribution is 6.21. The van der Waals surface area contributed by atoms with E-state index in [-0.39, 0.29) is 31.5 Å². The van der Waals surface area contributed by atoms with Gasteiger partial charge in [-0.05, 0) is 36.2 Å². The minimum Gasteiger partial charge on any atom is -0.387 e. The third-order valence-corrected chi connectivity index (χ3v) is 4.78. The zero-order valence-corrected chi connectivity index (χ0v) is 15.8. The lowest BCUT2D eigenvalue weighted by Crippen LogP contribution is -2.32. The van der Waals surface area contributed by atoms with E-state index in [0.717, 1.165) is 29.2 Å². The minimum atomic E-state index is -4.46. The predicted molar refractivity (Wildman–Crippen MR) is 100 cm³/mol. The van der Waals surface area contributed by atoms with Gasteiger partial charge in [-0.3, -0.25) is 19.3 Å². The Kier molecular flexibility index (Phi) is 6.21. The molecular formula is C21H19F3N2O4. The molecule has 158 valence electrons. The van der Waals surface area contributed by atoms with Gasteiger partial charge in [0.1, 0.15) is 0 Å². The van der Waals surface area contributed by atoms with Crippen LogP contribution in [0.3, 0.4) is 0 Å². The van der Waals surface area contributed by atoms with E-state index in [9.17, 15) is 32.7 Å². The first-order valence-corrected chi connectivity index (χ1v) is 9.25. The molecule has 3 rings (SSSR count). The number of nitrogens with one attached hydrogen (secondary N) is 1. The number of nitrogens with zero attached hydrogens (tertiary/aromatic N) is 1. The van der Waals surface area contributed by atoms with E-state index in [0.29, 0.717) is 11.1 Å². The third kappa shape index (κ3) is 4.68. The van der Waals surface area contributed by atoms with Crippen LogP contribution in [0.2, 0.25) is 0 Å². The van der Waals surface area contributed by atoms with Crippen LogP contribution in [-0.4, -0.2) is 40.8 Å². The first-order chi connectivity index (χ1) is 14.2. The second-order valence-electron chi connectivity index (χ2n) is 6.85. The molecule has 1 unspecified atom stereocenters. The largest absolute Gasteiger partial charge is 0.416 e. The van der Waals surface area contributed by atoms with Crippen LogP contribution in [0.4, 0.5) is 13.2 Å². The van der Waals surface area contributed by atoms with Crippen molar-refractivity contribution < 1.29 is 32.7 Å². The average Bonchev–Trinajstić information content (AvgIpc) is 2.96. The van der Waals surface area contributed by atoms with E-state index < -0.39 is 35.6 Å². The van der Waals surface area contributed by atoms with Gasteiger partial charge in [-0.2, -0.15) is 13.2 Å². The molecule has 0 aromatic heterocycles. The molecule has 2 aromatic rings. The smallest absolute Gasteiger partial charge is 0.387 e. The maximum absolute atomic E-state index is 12.6. The van der Waals surface area contributed by atoms with Crippen LogP contribution >= 0.6 is 0 Å². The van der Waals surface area contributed by atoms with Crippen molar-refractivity contribution in [1.29, 1.82) is 0 Å². The Morgan fingerprint density at radius 2 is 1.57 bits per heavy atom. The van der Waals surface area contributed by atoms with Crippen LogP contribution in [0.5, 0.6) is 0 Å². The molecule has 2 N–H and O–H groups in total. The Morgan fingerprint density at radius 1 is 1.00 bits per heavy atom. The zero-order valence-electron chi connectivity index (χ0n) is 15.8. The van der Waals surface area contributed by atoms with Crippen LogP contribution in [-0.2, 0) is 11.0 Å². The summed E-state index contributed by atoms with van der Waals surface area (Å²) in [5, 5.41) is 12.5. The number of halogens is 3. The molecule has 1 atom stereocenters. The number of imide groups is 1. The molecule has 9 heteroatoms. The van der Waals surface area contributed by atoms with Crippen LogP contribution in [0, 0.1) is 0 Å². The topological polar surface area (TPSA) is 86.7 Å². The van der Waals surface area contributed by atoms with E-state index in [2.05, 4.69) is 5.32 Å². The summed E-state index contributed by atoms with van der Waals surface area (Å²) in [6, 6.07) is 10.5. The molecule has 0 saturated heterocycles. The molecule has 6 nitrogen and oxygen atoms in total. The first kappa shape index (κ1) is 21.5. The molecule has 0 radical (unpaired) electrons. The Morgan fingerprint density at radius 3 is 2.10 bits per heavy atom. The maximum atomic E-state index is 12.6. The standard InChI is InChI=1S/C21H19F3N2O4/c22-21(23,24)14-9-7-13(8-10-14)17(27)12-25-18(28)6-3-11-26-19(29)15-4-1-2-5-16(15)20(26)30/h1-2,4-5,7-10,17,27H,3,6,11-12H2,(H,25,28). The Bertz CT molecular complexity index is 922. The monoisotopic (exact) mass is 420 g/mol. The molecule has 30 heavy (non-hydrogen) atoms. The number of fused-ring (bicyclic) bond motifs is 1. The molecule has 0 bridgehead atoms. The lowest BCUT2D eigenvalue weighted by atomic mass is 10.1. The summed E-state index contributed by atoms with van der Waals surface area (Å²) in [6.45, 7) is -0.0849. The van der Waals surface area contributed by atoms with Crippen LogP contribution < -0.4 is 5.32 Å². The second-order valence-corrected chi connectivity index (χ2v) is 6.85. The third-order valence-electron chi connectivity index (χ3n) is 4.78. The number of rotatable bonds is 7. The van der Waals surface area contributed by atoms with Gasteiger partial charge in [-0.25, -0.2) is 0 Å². The Balaban J connectivity index is 1.43. The number of carbonyl (C=O) groups is 3. The summed E-state index contributed by atoms with van der Waals surface area (Å²) in [6.07, 6.45) is -5.36. The lowest BCUT2D eigenvalue weighted by Gasteiger charge is -2.15. The predicted octanol–water partition coefficient (Wildman–Crippen LogP) is 2.93. The fraction of sp³-hybridized carbons (Fsp3) is 0.286. The van der Waals surface area contributed by atoms with Gasteiger partial charge in [0, 0.05) is 19.5 Å². The number of hydrogen-bond donors (Lipinski definition) is 2. The molecule has 1 aliphatic heterocycles. The van der Waals surface area contributed by atoms with Gasteiger partial charge >= 0.3 is 6.18 Å². The fourth-order valence-corrected chi connectivity index (χ4v) is 3.15. The summed E-state index contributed by atoms with van der Waals surface area (Å²) < 4.78 is 37.7. The van der Waals surface area contributed by atoms with E-state index in [1.54, 1.807) is 24.3 Å². The number of aliphatic hydroxyl groups is 1. The van der Waals surface area contributed by atoms with Crippen molar-refractivity contribution >= 4 is 17.7 Å². The number of benzene rings is 2. The van der Waals surface area contributed by atoms with Crippen molar-refractivity contribution in [3.8, 4) is 0 Å². The number of carbonyl (C=O) groups excluding carboxylic acids is 3. The molecule has 0 saturated carbocycles. The summed E-state index contributed by atoms with van der Waals surface area (Å²) in [4.78, 5) is 37.5. The summed E-state index contributed by atoms with van der Waals surface area (Å²) in [7, 11) is 0. The highest BCUT2D eigenvalue weighted by Crippen LogP contribution is 2.30. The van der Waals surface area contributed by atoms with Crippen molar-refractivity contribution in [3.05, 3.63) is 70.8 Å². The number of alkyl halides is 3. The number of amides is 3. The van der Waals surface area contributed by atoms with Crippen molar-refractivity contribution in [2.24, 2.45) is 0 Å². The molecule has 1 aliphatic rings. The molecule has 0 fully saturated rings. The van der Waals surface area contributed by atoms with Crippen LogP contribution in [0.1, 0.15) is 50.8 Å². The fourth-order valence-electron chi connectivity index (χ4n) is 3.15. The van der Waals surface area contributed by atoms with E-state index in [4.69, 9.17) is 0 Å². The zero-order chi connectivity index (χ0) is 21.9. The van der Waals surface area contributed by atoms with E-state index in [1.807, 2.05) is 0 Å². The molecule has 0 aliphatic carbocycles. The van der Waals surface area contributed by atoms with Gasteiger partial charge in [0.2, 0.25) is 5.91 Å². The normalized spacial score (nSPS) is 14.6. The van der Waals surface area contributed by atoms with Gasteiger partial charge in [-0.15, -0.1) is 0 Å². The summed E-state index contributed by atoms with van der Waals surface area (Å²) in [5.74, 6) is -1.19. The Labute approximate surface area is 170 Å². The average molecular weight is 420 g/mol. The lowest BCUT2D eigenvalue weighted by molar-refractivity contribution is -0.137. The molecule has 2 aromatic carbocycles. The SMILES string of the molecule is O=C(CCCN1C(=O)c2ccccc2C1=O)NCC(O)c1ccc(C(F)(F)F)cc1. The first-order valence-electron chi connectivity index (χ1n) is 9.25. The van der Waals surface area contributed by atoms with Crippen molar-refractivity contribution in [2.45, 2.75) is 25.1 Å².